The first-order valence-corrected chi connectivity index (χ1v) is 12.5. The van der Waals surface area contributed by atoms with Crippen molar-refractivity contribution in [3.63, 3.8) is 0 Å². The van der Waals surface area contributed by atoms with E-state index in [1.807, 2.05) is 30.3 Å². The second-order valence-corrected chi connectivity index (χ2v) is 9.45. The van der Waals surface area contributed by atoms with Gasteiger partial charge in [0.05, 0.1) is 19.8 Å². The van der Waals surface area contributed by atoms with E-state index in [9.17, 15) is 19.2 Å². The Hall–Kier alpha value is -3.92. The first-order valence-electron chi connectivity index (χ1n) is 12.5. The van der Waals surface area contributed by atoms with Crippen molar-refractivity contribution in [1.29, 1.82) is 0 Å². The van der Waals surface area contributed by atoms with E-state index < -0.39 is 41.9 Å². The fourth-order valence-corrected chi connectivity index (χ4v) is 3.50. The summed E-state index contributed by atoms with van der Waals surface area (Å²) in [5.74, 6) is -1.65. The van der Waals surface area contributed by atoms with Crippen molar-refractivity contribution in [2.24, 2.45) is 0 Å². The second kappa shape index (κ2) is 14.7. The molecule has 0 aliphatic rings. The molecule has 1 atom stereocenters. The molecule has 0 radical (unpaired) electrons. The Morgan fingerprint density at radius 3 is 2.21 bits per heavy atom. The summed E-state index contributed by atoms with van der Waals surface area (Å²) in [4.78, 5) is 56.6. The lowest BCUT2D eigenvalue weighted by Crippen LogP contribution is -2.48. The molecule has 0 saturated carbocycles. The fourth-order valence-electron chi connectivity index (χ4n) is 3.50. The number of hydroxylamine groups is 1. The zero-order valence-electron chi connectivity index (χ0n) is 22.6. The Labute approximate surface area is 223 Å². The molecule has 0 fully saturated rings. The first-order chi connectivity index (χ1) is 18.0. The topological polar surface area (TPSA) is 123 Å². The number of carbonyl (C=O) groups excluding carboxylic acids is 4. The molecule has 38 heavy (non-hydrogen) atoms. The van der Waals surface area contributed by atoms with E-state index >= 15 is 0 Å². The number of rotatable bonds is 12. The number of nitrogens with zero attached hydrogens (tertiary/aromatic N) is 1. The molecule has 10 nitrogen and oxygen atoms in total. The third-order valence-corrected chi connectivity index (χ3v) is 5.05. The maximum absolute atomic E-state index is 13.3. The number of nitrogens with one attached hydrogen (secondary N) is 2. The van der Waals surface area contributed by atoms with Gasteiger partial charge in [-0.2, -0.15) is 0 Å². The lowest BCUT2D eigenvalue weighted by atomic mass is 10.0. The quantitative estimate of drug-likeness (QED) is 0.243. The molecule has 2 N–H and O–H groups in total. The van der Waals surface area contributed by atoms with Gasteiger partial charge < -0.3 is 14.8 Å². The van der Waals surface area contributed by atoms with Crippen LogP contribution in [0, 0.1) is 0 Å². The van der Waals surface area contributed by atoms with Crippen LogP contribution >= 0.6 is 0 Å². The van der Waals surface area contributed by atoms with Gasteiger partial charge in [-0.05, 0) is 57.9 Å². The Balaban J connectivity index is 2.31. The van der Waals surface area contributed by atoms with Gasteiger partial charge in [-0.3, -0.25) is 19.3 Å². The highest BCUT2D eigenvalue weighted by Gasteiger charge is 2.34. The van der Waals surface area contributed by atoms with E-state index in [4.69, 9.17) is 14.3 Å². The van der Waals surface area contributed by atoms with Crippen LogP contribution in [0.5, 0.6) is 0 Å². The minimum absolute atomic E-state index is 0.0137. The van der Waals surface area contributed by atoms with Gasteiger partial charge >= 0.3 is 12.1 Å². The van der Waals surface area contributed by atoms with Crippen LogP contribution < -0.4 is 10.8 Å². The van der Waals surface area contributed by atoms with Crippen LogP contribution in [0.3, 0.4) is 0 Å². The summed E-state index contributed by atoms with van der Waals surface area (Å²) in [5.41, 5.74) is 3.29. The molecule has 2 aromatic rings. The van der Waals surface area contributed by atoms with E-state index in [2.05, 4.69) is 10.8 Å². The Kier molecular flexibility index (Phi) is 11.7. The molecular weight excluding hydrogens is 490 g/mol. The van der Waals surface area contributed by atoms with Gasteiger partial charge in [0, 0.05) is 12.1 Å². The highest BCUT2D eigenvalue weighted by molar-refractivity contribution is 6.03. The van der Waals surface area contributed by atoms with Crippen molar-refractivity contribution >= 4 is 29.6 Å². The lowest BCUT2D eigenvalue weighted by molar-refractivity contribution is -0.149. The third kappa shape index (κ3) is 10.6. The number of esters is 1. The molecule has 3 amide bonds. The molecule has 0 spiro atoms. The SMILES string of the molecule is CCONC(=O)CC(=O)Nc1cccc(CN(C(=O)OC(C)(C)C)[C@@H](Cc2ccccc2)C(=O)OCC)c1. The zero-order chi connectivity index (χ0) is 28.1. The molecule has 0 heterocycles. The average Bonchev–Trinajstić information content (AvgIpc) is 2.84. The molecule has 0 unspecified atom stereocenters. The summed E-state index contributed by atoms with van der Waals surface area (Å²) < 4.78 is 11.0. The van der Waals surface area contributed by atoms with E-state index in [0.717, 1.165) is 5.56 Å². The van der Waals surface area contributed by atoms with Crippen LogP contribution in [0.4, 0.5) is 10.5 Å². The maximum atomic E-state index is 13.3. The van der Waals surface area contributed by atoms with Crippen LogP contribution in [-0.4, -0.2) is 53.6 Å². The van der Waals surface area contributed by atoms with Gasteiger partial charge in [-0.1, -0.05) is 42.5 Å². The normalized spacial score (nSPS) is 11.7. The largest absolute Gasteiger partial charge is 0.464 e. The number of ether oxygens (including phenoxy) is 2. The molecule has 2 rings (SSSR count). The number of carbonyl (C=O) groups is 4. The monoisotopic (exact) mass is 527 g/mol. The Morgan fingerprint density at radius 2 is 1.58 bits per heavy atom. The van der Waals surface area contributed by atoms with Gasteiger partial charge in [0.1, 0.15) is 18.1 Å². The van der Waals surface area contributed by atoms with Crippen LogP contribution in [0.15, 0.2) is 54.6 Å². The van der Waals surface area contributed by atoms with Crippen molar-refractivity contribution in [2.45, 2.75) is 65.6 Å². The van der Waals surface area contributed by atoms with Crippen molar-refractivity contribution in [3.05, 3.63) is 65.7 Å². The molecule has 10 heteroatoms. The van der Waals surface area contributed by atoms with E-state index in [1.165, 1.54) is 4.90 Å². The predicted octanol–water partition coefficient (Wildman–Crippen LogP) is 3.99. The molecule has 0 bridgehead atoms. The van der Waals surface area contributed by atoms with E-state index in [-0.39, 0.29) is 26.2 Å². The number of benzene rings is 2. The minimum atomic E-state index is -0.951. The van der Waals surface area contributed by atoms with Gasteiger partial charge in [0.2, 0.25) is 5.91 Å². The summed E-state index contributed by atoms with van der Waals surface area (Å²) in [5, 5.41) is 2.66. The second-order valence-electron chi connectivity index (χ2n) is 9.45. The molecule has 206 valence electrons. The highest BCUT2D eigenvalue weighted by atomic mass is 16.6. The molecule has 0 aliphatic heterocycles. The van der Waals surface area contributed by atoms with Crippen molar-refractivity contribution in [3.8, 4) is 0 Å². The molecule has 0 aromatic heterocycles. The molecule has 2 aromatic carbocycles. The molecule has 0 saturated heterocycles. The molecule has 0 aliphatic carbocycles. The third-order valence-electron chi connectivity index (χ3n) is 5.05. The first kappa shape index (κ1) is 30.3. The average molecular weight is 528 g/mol. The lowest BCUT2D eigenvalue weighted by Gasteiger charge is -2.32. The van der Waals surface area contributed by atoms with Crippen molar-refractivity contribution in [2.75, 3.05) is 18.5 Å². The van der Waals surface area contributed by atoms with E-state index in [1.54, 1.807) is 58.9 Å². The van der Waals surface area contributed by atoms with Gasteiger partial charge in [0.25, 0.3) is 5.91 Å². The standard InChI is InChI=1S/C28H37N3O7/c1-6-36-26(34)23(17-20-12-9-8-10-13-20)31(27(35)38-28(3,4)5)19-21-14-11-15-22(16-21)29-24(32)18-25(33)30-37-7-2/h8-16,23H,6-7,17-19H2,1-5H3,(H,29,32)(H,30,33)/t23-/m0/s1. The Bertz CT molecular complexity index is 1080. The van der Waals surface area contributed by atoms with Crippen molar-refractivity contribution < 1.29 is 33.5 Å². The number of hydrogen-bond acceptors (Lipinski definition) is 7. The predicted molar refractivity (Wildman–Crippen MR) is 142 cm³/mol. The van der Waals surface area contributed by atoms with Crippen LogP contribution in [-0.2, 0) is 41.7 Å². The number of hydrogen-bond donors (Lipinski definition) is 2. The highest BCUT2D eigenvalue weighted by Crippen LogP contribution is 2.21. The summed E-state index contributed by atoms with van der Waals surface area (Å²) in [6, 6.07) is 15.2. The van der Waals surface area contributed by atoms with Gasteiger partial charge in [-0.15, -0.1) is 0 Å². The Morgan fingerprint density at radius 1 is 0.895 bits per heavy atom. The molecular formula is C28H37N3O7. The number of anilines is 1. The number of amides is 3. The minimum Gasteiger partial charge on any atom is -0.464 e. The smallest absolute Gasteiger partial charge is 0.411 e. The van der Waals surface area contributed by atoms with Gasteiger partial charge in [-0.25, -0.2) is 15.1 Å². The summed E-state index contributed by atoms with van der Waals surface area (Å²) in [6.07, 6.45) is -0.867. The van der Waals surface area contributed by atoms with Gasteiger partial charge in [0.15, 0.2) is 0 Å². The van der Waals surface area contributed by atoms with E-state index in [0.29, 0.717) is 11.3 Å². The fraction of sp³-hybridized carbons (Fsp3) is 0.429. The van der Waals surface area contributed by atoms with Crippen LogP contribution in [0.2, 0.25) is 0 Å². The summed E-state index contributed by atoms with van der Waals surface area (Å²) in [7, 11) is 0. The summed E-state index contributed by atoms with van der Waals surface area (Å²) >= 11 is 0. The van der Waals surface area contributed by atoms with Crippen LogP contribution in [0.25, 0.3) is 0 Å². The summed E-state index contributed by atoms with van der Waals surface area (Å²) in [6.45, 7) is 9.10. The van der Waals surface area contributed by atoms with Crippen molar-refractivity contribution in [1.82, 2.24) is 10.4 Å². The van der Waals surface area contributed by atoms with Crippen LogP contribution in [0.1, 0.15) is 52.2 Å². The zero-order valence-corrected chi connectivity index (χ0v) is 22.6. The maximum Gasteiger partial charge on any atom is 0.411 e.